The second-order valence-corrected chi connectivity index (χ2v) is 6.00. The van der Waals surface area contributed by atoms with Crippen molar-refractivity contribution < 1.29 is 23.4 Å². The fourth-order valence-corrected chi connectivity index (χ4v) is 2.38. The fourth-order valence-electron chi connectivity index (χ4n) is 2.38. The van der Waals surface area contributed by atoms with E-state index in [0.717, 1.165) is 5.57 Å². The van der Waals surface area contributed by atoms with E-state index in [4.69, 9.17) is 14.2 Å². The zero-order valence-electron chi connectivity index (χ0n) is 15.0. The predicted octanol–water partition coefficient (Wildman–Crippen LogP) is 4.13. The van der Waals surface area contributed by atoms with Gasteiger partial charge >= 0.3 is 5.97 Å². The lowest BCUT2D eigenvalue weighted by atomic mass is 10.1. The van der Waals surface area contributed by atoms with Crippen LogP contribution in [0.4, 0.5) is 4.39 Å². The molecule has 138 valence electrons. The maximum absolute atomic E-state index is 13.0. The van der Waals surface area contributed by atoms with Crippen LogP contribution in [0.15, 0.2) is 65.3 Å². The molecule has 5 nitrogen and oxygen atoms in total. The zero-order chi connectivity index (χ0) is 19.4. The van der Waals surface area contributed by atoms with Crippen molar-refractivity contribution in [2.24, 2.45) is 4.99 Å². The number of aliphatic imine (C=N–C) groups is 1. The van der Waals surface area contributed by atoms with Crippen molar-refractivity contribution in [3.05, 3.63) is 77.3 Å². The van der Waals surface area contributed by atoms with Crippen LogP contribution in [0, 0.1) is 5.82 Å². The molecule has 0 spiro atoms. The van der Waals surface area contributed by atoms with Crippen LogP contribution in [-0.4, -0.2) is 25.6 Å². The largest absolute Gasteiger partial charge is 0.493 e. The number of carbonyl (C=O) groups excluding carboxylic acids is 1. The standard InChI is InChI=1S/C21H18FNO4/c1-13(2)12-26-18-9-4-14(11-19(18)25-3)10-17-21(24)27-20(23-17)15-5-7-16(22)8-6-15/h4-11H,1,12H2,2-3H3. The molecule has 1 heterocycles. The topological polar surface area (TPSA) is 57.1 Å². The Morgan fingerprint density at radius 1 is 1.22 bits per heavy atom. The molecule has 0 atom stereocenters. The minimum absolute atomic E-state index is 0.139. The molecule has 0 N–H and O–H groups in total. The summed E-state index contributed by atoms with van der Waals surface area (Å²) in [5.41, 5.74) is 2.26. The third kappa shape index (κ3) is 4.41. The smallest absolute Gasteiger partial charge is 0.363 e. The Labute approximate surface area is 156 Å². The van der Waals surface area contributed by atoms with Crippen molar-refractivity contribution in [3.8, 4) is 11.5 Å². The molecular formula is C21H18FNO4. The summed E-state index contributed by atoms with van der Waals surface area (Å²) in [4.78, 5) is 16.3. The molecule has 0 saturated carbocycles. The van der Waals surface area contributed by atoms with Crippen LogP contribution in [-0.2, 0) is 9.53 Å². The van der Waals surface area contributed by atoms with Crippen molar-refractivity contribution in [3.63, 3.8) is 0 Å². The van der Waals surface area contributed by atoms with Crippen LogP contribution < -0.4 is 9.47 Å². The minimum Gasteiger partial charge on any atom is -0.493 e. The second-order valence-electron chi connectivity index (χ2n) is 6.00. The van der Waals surface area contributed by atoms with E-state index in [1.807, 2.05) is 6.92 Å². The number of cyclic esters (lactones) is 1. The Morgan fingerprint density at radius 2 is 1.96 bits per heavy atom. The first-order valence-electron chi connectivity index (χ1n) is 8.20. The van der Waals surface area contributed by atoms with Crippen LogP contribution in [0.3, 0.4) is 0 Å². The van der Waals surface area contributed by atoms with Crippen LogP contribution >= 0.6 is 0 Å². The number of hydrogen-bond acceptors (Lipinski definition) is 5. The maximum Gasteiger partial charge on any atom is 0.363 e. The molecule has 0 aromatic heterocycles. The molecular weight excluding hydrogens is 349 g/mol. The lowest BCUT2D eigenvalue weighted by Crippen LogP contribution is -2.05. The van der Waals surface area contributed by atoms with E-state index in [9.17, 15) is 9.18 Å². The zero-order valence-corrected chi connectivity index (χ0v) is 15.0. The quantitative estimate of drug-likeness (QED) is 0.438. The Bertz CT molecular complexity index is 945. The number of hydrogen-bond donors (Lipinski definition) is 0. The Morgan fingerprint density at radius 3 is 2.63 bits per heavy atom. The molecule has 0 radical (unpaired) electrons. The second kappa shape index (κ2) is 7.86. The minimum atomic E-state index is -0.573. The van der Waals surface area contributed by atoms with E-state index in [-0.39, 0.29) is 17.4 Å². The highest BCUT2D eigenvalue weighted by atomic mass is 19.1. The summed E-state index contributed by atoms with van der Waals surface area (Å²) in [6, 6.07) is 10.8. The first-order valence-corrected chi connectivity index (χ1v) is 8.20. The molecule has 0 saturated heterocycles. The van der Waals surface area contributed by atoms with E-state index < -0.39 is 5.97 Å². The van der Waals surface area contributed by atoms with Gasteiger partial charge in [-0.15, -0.1) is 0 Å². The number of halogens is 1. The molecule has 0 fully saturated rings. The van der Waals surface area contributed by atoms with Gasteiger partial charge in [-0.3, -0.25) is 0 Å². The number of benzene rings is 2. The van der Waals surface area contributed by atoms with Crippen LogP contribution in [0.5, 0.6) is 11.5 Å². The number of rotatable bonds is 6. The predicted molar refractivity (Wildman–Crippen MR) is 100 cm³/mol. The summed E-state index contributed by atoms with van der Waals surface area (Å²) < 4.78 is 29.2. The first kappa shape index (κ1) is 18.4. The molecule has 27 heavy (non-hydrogen) atoms. The molecule has 1 aliphatic heterocycles. The molecule has 0 amide bonds. The normalized spacial score (nSPS) is 14.7. The van der Waals surface area contributed by atoms with Gasteiger partial charge in [-0.25, -0.2) is 14.2 Å². The summed E-state index contributed by atoms with van der Waals surface area (Å²) in [6.07, 6.45) is 1.59. The van der Waals surface area contributed by atoms with Gasteiger partial charge in [-0.05, 0) is 60.5 Å². The molecule has 2 aromatic rings. The summed E-state index contributed by atoms with van der Waals surface area (Å²) in [5.74, 6) is 0.294. The Kier molecular flexibility index (Phi) is 5.35. The molecule has 2 aromatic carbocycles. The highest BCUT2D eigenvalue weighted by molar-refractivity contribution is 6.12. The van der Waals surface area contributed by atoms with Gasteiger partial charge < -0.3 is 14.2 Å². The van der Waals surface area contributed by atoms with E-state index in [0.29, 0.717) is 29.2 Å². The molecule has 3 rings (SSSR count). The van der Waals surface area contributed by atoms with Gasteiger partial charge in [0.1, 0.15) is 12.4 Å². The first-order chi connectivity index (χ1) is 13.0. The molecule has 0 aliphatic carbocycles. The summed E-state index contributed by atoms with van der Waals surface area (Å²) >= 11 is 0. The van der Waals surface area contributed by atoms with Gasteiger partial charge in [0.25, 0.3) is 0 Å². The average Bonchev–Trinajstić information content (AvgIpc) is 3.01. The summed E-state index contributed by atoms with van der Waals surface area (Å²) in [7, 11) is 1.54. The van der Waals surface area contributed by atoms with Gasteiger partial charge in [-0.1, -0.05) is 12.6 Å². The third-order valence-electron chi connectivity index (χ3n) is 3.68. The SMILES string of the molecule is C=C(C)COc1ccc(C=C2N=C(c3ccc(F)cc3)OC2=O)cc1OC. The highest BCUT2D eigenvalue weighted by Crippen LogP contribution is 2.30. The molecule has 1 aliphatic rings. The monoisotopic (exact) mass is 367 g/mol. The third-order valence-corrected chi connectivity index (χ3v) is 3.68. The maximum atomic E-state index is 13.0. The van der Waals surface area contributed by atoms with Crippen molar-refractivity contribution in [1.82, 2.24) is 0 Å². The number of esters is 1. The van der Waals surface area contributed by atoms with Crippen molar-refractivity contribution in [1.29, 1.82) is 0 Å². The molecule has 0 unspecified atom stereocenters. The van der Waals surface area contributed by atoms with Crippen molar-refractivity contribution in [2.75, 3.05) is 13.7 Å². The van der Waals surface area contributed by atoms with Crippen LogP contribution in [0.25, 0.3) is 6.08 Å². The average molecular weight is 367 g/mol. The van der Waals surface area contributed by atoms with E-state index >= 15 is 0 Å². The van der Waals surface area contributed by atoms with Gasteiger partial charge in [0.15, 0.2) is 17.2 Å². The summed E-state index contributed by atoms with van der Waals surface area (Å²) in [5, 5.41) is 0. The van der Waals surface area contributed by atoms with Gasteiger partial charge in [0.2, 0.25) is 5.90 Å². The lowest BCUT2D eigenvalue weighted by Gasteiger charge is -2.11. The Hall–Kier alpha value is -3.41. The van der Waals surface area contributed by atoms with Gasteiger partial charge in [0, 0.05) is 5.56 Å². The molecule has 0 bridgehead atoms. The van der Waals surface area contributed by atoms with Crippen LogP contribution in [0.1, 0.15) is 18.1 Å². The lowest BCUT2D eigenvalue weighted by molar-refractivity contribution is -0.129. The van der Waals surface area contributed by atoms with E-state index in [2.05, 4.69) is 11.6 Å². The van der Waals surface area contributed by atoms with Crippen molar-refractivity contribution in [2.45, 2.75) is 6.92 Å². The van der Waals surface area contributed by atoms with Crippen LogP contribution in [0.2, 0.25) is 0 Å². The number of nitrogens with zero attached hydrogens (tertiary/aromatic N) is 1. The fraction of sp³-hybridized carbons (Fsp3) is 0.143. The van der Waals surface area contributed by atoms with E-state index in [1.165, 1.54) is 31.4 Å². The number of carbonyl (C=O) groups is 1. The van der Waals surface area contributed by atoms with E-state index in [1.54, 1.807) is 24.3 Å². The van der Waals surface area contributed by atoms with Gasteiger partial charge in [-0.2, -0.15) is 0 Å². The number of methoxy groups -OCH3 is 1. The number of ether oxygens (including phenoxy) is 3. The summed E-state index contributed by atoms with van der Waals surface area (Å²) in [6.45, 7) is 6.05. The highest BCUT2D eigenvalue weighted by Gasteiger charge is 2.24. The van der Waals surface area contributed by atoms with Crippen molar-refractivity contribution >= 4 is 17.9 Å². The molecule has 6 heteroatoms. The van der Waals surface area contributed by atoms with Gasteiger partial charge in [0.05, 0.1) is 7.11 Å². The Balaban J connectivity index is 1.85.